The Bertz CT molecular complexity index is 712. The van der Waals surface area contributed by atoms with E-state index in [1.54, 1.807) is 18.3 Å². The fraction of sp³-hybridized carbons (Fsp3) is 0.400. The van der Waals surface area contributed by atoms with Crippen molar-refractivity contribution in [2.24, 2.45) is 0 Å². The Morgan fingerprint density at radius 3 is 3.05 bits per heavy atom. The van der Waals surface area contributed by atoms with E-state index in [0.717, 1.165) is 31.1 Å². The Hall–Kier alpha value is -1.86. The van der Waals surface area contributed by atoms with E-state index in [1.165, 1.54) is 5.41 Å². The number of anilines is 2. The molecule has 1 N–H and O–H groups in total. The summed E-state index contributed by atoms with van der Waals surface area (Å²) in [5, 5.41) is 4.38. The number of ether oxygens (including phenoxy) is 1. The van der Waals surface area contributed by atoms with Gasteiger partial charge in [-0.05, 0) is 25.1 Å². The van der Waals surface area contributed by atoms with Gasteiger partial charge in [0.25, 0.3) is 0 Å². The van der Waals surface area contributed by atoms with E-state index in [-0.39, 0.29) is 5.75 Å². The van der Waals surface area contributed by atoms with Gasteiger partial charge in [0.05, 0.1) is 19.0 Å². The summed E-state index contributed by atoms with van der Waals surface area (Å²) in [5.74, 6) is 0.720. The molecule has 1 atom stereocenters. The van der Waals surface area contributed by atoms with Crippen molar-refractivity contribution in [3.63, 3.8) is 0 Å². The first-order chi connectivity index (χ1) is 10.5. The van der Waals surface area contributed by atoms with Gasteiger partial charge in [-0.15, -0.1) is 0 Å². The molecule has 1 aromatic heterocycles. The summed E-state index contributed by atoms with van der Waals surface area (Å²) in [4.78, 5) is 6.58. The Balaban J connectivity index is 1.75. The van der Waals surface area contributed by atoms with Gasteiger partial charge in [-0.25, -0.2) is 13.4 Å². The number of pyridine rings is 1. The third-order valence-electron chi connectivity index (χ3n) is 3.71. The topological polar surface area (TPSA) is 71.5 Å². The SMILES string of the molecule is C[C@H]1COCCN1c1ccnc(NC2=CCS(=O)(=O)C=C2)c1. The largest absolute Gasteiger partial charge is 0.377 e. The lowest BCUT2D eigenvalue weighted by Gasteiger charge is -2.35. The molecule has 0 aliphatic carbocycles. The maximum atomic E-state index is 11.4. The number of hydrogen-bond donors (Lipinski definition) is 1. The highest BCUT2D eigenvalue weighted by molar-refractivity contribution is 7.94. The van der Waals surface area contributed by atoms with Crippen molar-refractivity contribution in [1.29, 1.82) is 0 Å². The van der Waals surface area contributed by atoms with Crippen LogP contribution in [0.1, 0.15) is 6.92 Å². The number of allylic oxidation sites excluding steroid dienone is 1. The first-order valence-corrected chi connectivity index (χ1v) is 8.93. The molecule has 118 valence electrons. The quantitative estimate of drug-likeness (QED) is 0.910. The summed E-state index contributed by atoms with van der Waals surface area (Å²) in [7, 11) is -3.08. The summed E-state index contributed by atoms with van der Waals surface area (Å²) < 4.78 is 28.2. The molecule has 0 saturated carbocycles. The third-order valence-corrected chi connectivity index (χ3v) is 4.89. The normalized spacial score (nSPS) is 24.0. The minimum atomic E-state index is -3.08. The molecule has 2 aliphatic rings. The summed E-state index contributed by atoms with van der Waals surface area (Å²) in [6.45, 7) is 4.42. The molecule has 3 heterocycles. The van der Waals surface area contributed by atoms with Crippen molar-refractivity contribution in [3.8, 4) is 0 Å². The molecule has 1 aromatic rings. The summed E-state index contributed by atoms with van der Waals surface area (Å²) in [6.07, 6.45) is 4.97. The second-order valence-corrected chi connectivity index (χ2v) is 7.36. The number of sulfone groups is 1. The van der Waals surface area contributed by atoms with Gasteiger partial charge in [0.15, 0.2) is 9.84 Å². The highest BCUT2D eigenvalue weighted by Crippen LogP contribution is 2.22. The highest BCUT2D eigenvalue weighted by Gasteiger charge is 2.19. The van der Waals surface area contributed by atoms with E-state index in [1.807, 2.05) is 12.1 Å². The fourth-order valence-corrected chi connectivity index (χ4v) is 3.40. The number of aromatic nitrogens is 1. The van der Waals surface area contributed by atoms with E-state index in [2.05, 4.69) is 22.1 Å². The number of morpholine rings is 1. The Labute approximate surface area is 130 Å². The lowest BCUT2D eigenvalue weighted by Crippen LogP contribution is -2.43. The number of nitrogens with zero attached hydrogens (tertiary/aromatic N) is 2. The zero-order valence-corrected chi connectivity index (χ0v) is 13.2. The fourth-order valence-electron chi connectivity index (χ4n) is 2.52. The van der Waals surface area contributed by atoms with Gasteiger partial charge in [0.2, 0.25) is 0 Å². The molecule has 1 saturated heterocycles. The molecule has 7 heteroatoms. The predicted molar refractivity (Wildman–Crippen MR) is 86.5 cm³/mol. The van der Waals surface area contributed by atoms with E-state index < -0.39 is 9.84 Å². The molecule has 22 heavy (non-hydrogen) atoms. The van der Waals surface area contributed by atoms with Crippen LogP contribution in [0.4, 0.5) is 11.5 Å². The number of rotatable bonds is 3. The van der Waals surface area contributed by atoms with Crippen molar-refractivity contribution < 1.29 is 13.2 Å². The van der Waals surface area contributed by atoms with Gasteiger partial charge in [-0.3, -0.25) is 0 Å². The zero-order valence-electron chi connectivity index (χ0n) is 12.4. The summed E-state index contributed by atoms with van der Waals surface area (Å²) >= 11 is 0. The second-order valence-electron chi connectivity index (χ2n) is 5.43. The maximum Gasteiger partial charge on any atom is 0.175 e. The Morgan fingerprint density at radius 1 is 1.45 bits per heavy atom. The maximum absolute atomic E-state index is 11.4. The van der Waals surface area contributed by atoms with Crippen molar-refractivity contribution in [3.05, 3.63) is 41.6 Å². The van der Waals surface area contributed by atoms with E-state index in [0.29, 0.717) is 11.9 Å². The van der Waals surface area contributed by atoms with Crippen molar-refractivity contribution in [1.82, 2.24) is 4.98 Å². The van der Waals surface area contributed by atoms with Crippen LogP contribution in [0.2, 0.25) is 0 Å². The van der Waals surface area contributed by atoms with Gasteiger partial charge in [0, 0.05) is 41.6 Å². The van der Waals surface area contributed by atoms with Crippen LogP contribution in [0.3, 0.4) is 0 Å². The first kappa shape index (κ1) is 15.1. The monoisotopic (exact) mass is 321 g/mol. The Kier molecular flexibility index (Phi) is 4.17. The molecule has 0 spiro atoms. The van der Waals surface area contributed by atoms with Gasteiger partial charge in [-0.1, -0.05) is 0 Å². The molecule has 0 unspecified atom stereocenters. The summed E-state index contributed by atoms with van der Waals surface area (Å²) in [6, 6.07) is 4.27. The van der Waals surface area contributed by atoms with Crippen LogP contribution in [0, 0.1) is 0 Å². The smallest absolute Gasteiger partial charge is 0.175 e. The number of nitrogens with one attached hydrogen (secondary N) is 1. The van der Waals surface area contributed by atoms with Crippen LogP contribution in [-0.2, 0) is 14.6 Å². The average Bonchev–Trinajstić information content (AvgIpc) is 2.50. The lowest BCUT2D eigenvalue weighted by atomic mass is 10.2. The van der Waals surface area contributed by atoms with Gasteiger partial charge < -0.3 is 15.0 Å². The molecular formula is C15H19N3O3S. The minimum absolute atomic E-state index is 0.0199. The number of hydrogen-bond acceptors (Lipinski definition) is 6. The summed E-state index contributed by atoms with van der Waals surface area (Å²) in [5.41, 5.74) is 1.83. The van der Waals surface area contributed by atoms with Crippen molar-refractivity contribution >= 4 is 21.3 Å². The van der Waals surface area contributed by atoms with Crippen LogP contribution in [0.15, 0.2) is 41.6 Å². The van der Waals surface area contributed by atoms with Gasteiger partial charge in [-0.2, -0.15) is 0 Å². The Morgan fingerprint density at radius 2 is 2.32 bits per heavy atom. The molecule has 1 fully saturated rings. The van der Waals surface area contributed by atoms with Crippen LogP contribution in [0.5, 0.6) is 0 Å². The first-order valence-electron chi connectivity index (χ1n) is 7.22. The van der Waals surface area contributed by atoms with Gasteiger partial charge >= 0.3 is 0 Å². The molecule has 0 amide bonds. The van der Waals surface area contributed by atoms with Crippen molar-refractivity contribution in [2.45, 2.75) is 13.0 Å². The van der Waals surface area contributed by atoms with Crippen molar-refractivity contribution in [2.75, 3.05) is 35.7 Å². The highest BCUT2D eigenvalue weighted by atomic mass is 32.2. The minimum Gasteiger partial charge on any atom is -0.377 e. The molecule has 0 bridgehead atoms. The molecule has 0 radical (unpaired) electrons. The predicted octanol–water partition coefficient (Wildman–Crippen LogP) is 1.54. The lowest BCUT2D eigenvalue weighted by molar-refractivity contribution is 0.0989. The zero-order chi connectivity index (χ0) is 15.6. The van der Waals surface area contributed by atoms with Gasteiger partial charge in [0.1, 0.15) is 5.82 Å². The molecule has 6 nitrogen and oxygen atoms in total. The third kappa shape index (κ3) is 3.48. The van der Waals surface area contributed by atoms with E-state index in [4.69, 9.17) is 4.74 Å². The van der Waals surface area contributed by atoms with E-state index in [9.17, 15) is 8.42 Å². The average molecular weight is 321 g/mol. The van der Waals surface area contributed by atoms with E-state index >= 15 is 0 Å². The van der Waals surface area contributed by atoms with Crippen LogP contribution in [0.25, 0.3) is 0 Å². The molecular weight excluding hydrogens is 302 g/mol. The van der Waals surface area contributed by atoms with Crippen LogP contribution in [-0.4, -0.2) is 45.0 Å². The standard InChI is InChI=1S/C15H19N3O3S/c1-12-11-21-7-6-18(12)14-2-5-16-15(10-14)17-13-3-8-22(19,20)9-4-13/h2-5,8,10,12H,6-7,9,11H2,1H3,(H,16,17)/t12-/m0/s1. The molecule has 3 rings (SSSR count). The van der Waals surface area contributed by atoms with Crippen LogP contribution >= 0.6 is 0 Å². The van der Waals surface area contributed by atoms with Crippen LogP contribution < -0.4 is 10.2 Å². The second kappa shape index (κ2) is 6.10. The molecule has 2 aliphatic heterocycles. The molecule has 0 aromatic carbocycles.